The van der Waals surface area contributed by atoms with E-state index in [1.165, 1.54) is 0 Å². The molecular formula is C8H13NS. The molecule has 0 aliphatic rings. The number of allylic oxidation sites excluding steroid dienone is 1. The van der Waals surface area contributed by atoms with Gasteiger partial charge in [-0.1, -0.05) is 12.0 Å². The van der Waals surface area contributed by atoms with E-state index in [-0.39, 0.29) is 0 Å². The van der Waals surface area contributed by atoms with Gasteiger partial charge in [0.25, 0.3) is 0 Å². The van der Waals surface area contributed by atoms with E-state index in [0.29, 0.717) is 0 Å². The molecule has 0 saturated carbocycles. The van der Waals surface area contributed by atoms with Crippen molar-refractivity contribution in [2.75, 3.05) is 18.8 Å². The van der Waals surface area contributed by atoms with Crippen LogP contribution in [0.4, 0.5) is 0 Å². The van der Waals surface area contributed by atoms with Gasteiger partial charge in [0, 0.05) is 18.8 Å². The van der Waals surface area contributed by atoms with Crippen LogP contribution in [0.2, 0.25) is 0 Å². The van der Waals surface area contributed by atoms with Crippen molar-refractivity contribution in [1.29, 1.82) is 0 Å². The summed E-state index contributed by atoms with van der Waals surface area (Å²) in [5.41, 5.74) is 0. The molecule has 0 amide bonds. The Labute approximate surface area is 68.3 Å². The van der Waals surface area contributed by atoms with E-state index < -0.39 is 0 Å². The number of thiol groups is 1. The molecule has 0 heterocycles. The van der Waals surface area contributed by atoms with Crippen molar-refractivity contribution in [2.45, 2.75) is 6.92 Å². The summed E-state index contributed by atoms with van der Waals surface area (Å²) in [6.07, 6.45) is 3.85. The van der Waals surface area contributed by atoms with Gasteiger partial charge in [0.2, 0.25) is 0 Å². The Bertz CT molecular complexity index is 141. The van der Waals surface area contributed by atoms with E-state index in [1.807, 2.05) is 19.1 Å². The third-order valence-corrected chi connectivity index (χ3v) is 1.12. The van der Waals surface area contributed by atoms with E-state index >= 15 is 0 Å². The predicted octanol–water partition coefficient (Wildman–Crippen LogP) is 1.09. The molecule has 56 valence electrons. The van der Waals surface area contributed by atoms with Crippen molar-refractivity contribution in [3.05, 3.63) is 12.2 Å². The highest BCUT2D eigenvalue weighted by Gasteiger charge is 1.76. The maximum absolute atomic E-state index is 4.05. The summed E-state index contributed by atoms with van der Waals surface area (Å²) in [5.74, 6) is 6.50. The first-order chi connectivity index (χ1) is 4.91. The molecule has 0 radical (unpaired) electrons. The van der Waals surface area contributed by atoms with Crippen LogP contribution in [0.15, 0.2) is 12.2 Å². The van der Waals surface area contributed by atoms with Gasteiger partial charge in [0.15, 0.2) is 0 Å². The van der Waals surface area contributed by atoms with Crippen LogP contribution in [-0.2, 0) is 0 Å². The summed E-state index contributed by atoms with van der Waals surface area (Å²) in [4.78, 5) is 0. The number of rotatable bonds is 4. The van der Waals surface area contributed by atoms with Gasteiger partial charge in [-0.25, -0.2) is 0 Å². The van der Waals surface area contributed by atoms with Crippen LogP contribution >= 0.6 is 12.6 Å². The molecule has 0 saturated heterocycles. The van der Waals surface area contributed by atoms with Crippen LogP contribution in [0.5, 0.6) is 0 Å². The fourth-order valence-electron chi connectivity index (χ4n) is 0.466. The molecule has 0 aromatic carbocycles. The van der Waals surface area contributed by atoms with Gasteiger partial charge in [-0.3, -0.25) is 0 Å². The van der Waals surface area contributed by atoms with Gasteiger partial charge in [-0.05, 0) is 13.0 Å². The Hall–Kier alpha value is -0.390. The minimum atomic E-state index is 0.882. The molecule has 1 nitrogen and oxygen atoms in total. The predicted molar refractivity (Wildman–Crippen MR) is 49.3 cm³/mol. The van der Waals surface area contributed by atoms with Crippen molar-refractivity contribution in [1.82, 2.24) is 5.32 Å². The standard InChI is InChI=1S/C8H13NS/c1-2-3-4-5-6-9-7-8-10/h4-5,9-10H,6-8H2,1H3/b5-4+. The highest BCUT2D eigenvalue weighted by Crippen LogP contribution is 1.70. The molecule has 0 bridgehead atoms. The second-order valence-corrected chi connectivity index (χ2v) is 2.17. The summed E-state index contributed by atoms with van der Waals surface area (Å²) >= 11 is 4.05. The molecule has 0 atom stereocenters. The van der Waals surface area contributed by atoms with E-state index in [2.05, 4.69) is 29.8 Å². The Kier molecular flexibility index (Phi) is 8.27. The maximum atomic E-state index is 4.05. The van der Waals surface area contributed by atoms with Gasteiger partial charge in [-0.15, -0.1) is 5.92 Å². The first kappa shape index (κ1) is 9.61. The fourth-order valence-corrected chi connectivity index (χ4v) is 0.624. The van der Waals surface area contributed by atoms with Crippen molar-refractivity contribution < 1.29 is 0 Å². The number of hydrogen-bond donors (Lipinski definition) is 2. The molecule has 10 heavy (non-hydrogen) atoms. The van der Waals surface area contributed by atoms with E-state index in [9.17, 15) is 0 Å². The lowest BCUT2D eigenvalue weighted by Gasteiger charge is -1.93. The third-order valence-electron chi connectivity index (χ3n) is 0.896. The minimum Gasteiger partial charge on any atom is -0.312 e. The highest BCUT2D eigenvalue weighted by atomic mass is 32.1. The van der Waals surface area contributed by atoms with Crippen molar-refractivity contribution in [2.24, 2.45) is 0 Å². The van der Waals surface area contributed by atoms with Gasteiger partial charge in [0.1, 0.15) is 0 Å². The fraction of sp³-hybridized carbons (Fsp3) is 0.500. The molecule has 0 aromatic rings. The quantitative estimate of drug-likeness (QED) is 0.352. The monoisotopic (exact) mass is 155 g/mol. The zero-order chi connectivity index (χ0) is 7.66. The van der Waals surface area contributed by atoms with E-state index in [1.54, 1.807) is 0 Å². The van der Waals surface area contributed by atoms with E-state index in [4.69, 9.17) is 0 Å². The molecular weight excluding hydrogens is 142 g/mol. The zero-order valence-electron chi connectivity index (χ0n) is 6.22. The molecule has 2 heteroatoms. The lowest BCUT2D eigenvalue weighted by molar-refractivity contribution is 0.807. The topological polar surface area (TPSA) is 12.0 Å². The molecule has 0 aromatic heterocycles. The van der Waals surface area contributed by atoms with Gasteiger partial charge in [-0.2, -0.15) is 12.6 Å². The van der Waals surface area contributed by atoms with Crippen LogP contribution in [0.25, 0.3) is 0 Å². The molecule has 0 fully saturated rings. The summed E-state index contributed by atoms with van der Waals surface area (Å²) < 4.78 is 0. The summed E-state index contributed by atoms with van der Waals surface area (Å²) in [5, 5.41) is 3.16. The average Bonchev–Trinajstić information content (AvgIpc) is 1.97. The van der Waals surface area contributed by atoms with Crippen LogP contribution in [0, 0.1) is 11.8 Å². The van der Waals surface area contributed by atoms with Crippen LogP contribution in [-0.4, -0.2) is 18.8 Å². The van der Waals surface area contributed by atoms with Gasteiger partial charge in [0.05, 0.1) is 0 Å². The molecule has 0 aliphatic carbocycles. The first-order valence-corrected chi connectivity index (χ1v) is 3.94. The lowest BCUT2D eigenvalue weighted by atomic mass is 10.5. The Morgan fingerprint density at radius 1 is 1.60 bits per heavy atom. The van der Waals surface area contributed by atoms with Crippen LogP contribution in [0.3, 0.4) is 0 Å². The highest BCUT2D eigenvalue weighted by molar-refractivity contribution is 7.80. The Morgan fingerprint density at radius 3 is 3.00 bits per heavy atom. The summed E-state index contributed by atoms with van der Waals surface area (Å²) in [7, 11) is 0. The number of hydrogen-bond acceptors (Lipinski definition) is 2. The molecule has 0 spiro atoms. The van der Waals surface area contributed by atoms with Crippen molar-refractivity contribution in [3.8, 4) is 11.8 Å². The van der Waals surface area contributed by atoms with Crippen molar-refractivity contribution in [3.63, 3.8) is 0 Å². The normalized spacial score (nSPS) is 9.40. The van der Waals surface area contributed by atoms with Crippen molar-refractivity contribution >= 4 is 12.6 Å². The summed E-state index contributed by atoms with van der Waals surface area (Å²) in [6.45, 7) is 3.66. The second kappa shape index (κ2) is 8.61. The van der Waals surface area contributed by atoms with Crippen LogP contribution in [0.1, 0.15) is 6.92 Å². The van der Waals surface area contributed by atoms with E-state index in [0.717, 1.165) is 18.8 Å². The van der Waals surface area contributed by atoms with Gasteiger partial charge >= 0.3 is 0 Å². The van der Waals surface area contributed by atoms with Gasteiger partial charge < -0.3 is 5.32 Å². The first-order valence-electron chi connectivity index (χ1n) is 3.30. The largest absolute Gasteiger partial charge is 0.312 e. The maximum Gasteiger partial charge on any atom is 0.0144 e. The molecule has 1 N–H and O–H groups in total. The smallest absolute Gasteiger partial charge is 0.0144 e. The Balaban J connectivity index is 3.08. The van der Waals surface area contributed by atoms with Crippen LogP contribution < -0.4 is 5.32 Å². The molecule has 0 rings (SSSR count). The lowest BCUT2D eigenvalue weighted by Crippen LogP contribution is -2.15. The zero-order valence-corrected chi connectivity index (χ0v) is 7.12. The second-order valence-electron chi connectivity index (χ2n) is 1.72. The molecule has 0 unspecified atom stereocenters. The molecule has 0 aliphatic heterocycles. The SMILES string of the molecule is CC#C/C=C/CNCCS. The Morgan fingerprint density at radius 2 is 2.40 bits per heavy atom. The third kappa shape index (κ3) is 7.61. The average molecular weight is 155 g/mol. The summed E-state index contributed by atoms with van der Waals surface area (Å²) in [6, 6.07) is 0. The minimum absolute atomic E-state index is 0.882. The number of nitrogens with one attached hydrogen (secondary N) is 1.